The molecule has 10 heteroatoms. The van der Waals surface area contributed by atoms with Crippen LogP contribution in [-0.2, 0) is 18.9 Å². The van der Waals surface area contributed by atoms with E-state index in [0.717, 1.165) is 0 Å². The van der Waals surface area contributed by atoms with Gasteiger partial charge in [-0.25, -0.2) is 0 Å². The van der Waals surface area contributed by atoms with Crippen LogP contribution in [0.1, 0.15) is 19.8 Å². The molecule has 0 radical (unpaired) electrons. The molecule has 1 heterocycles. The zero-order chi connectivity index (χ0) is 25.3. The third-order valence-electron chi connectivity index (χ3n) is 11.7. The van der Waals surface area contributed by atoms with Crippen LogP contribution in [0.4, 0.5) is 0 Å². The zero-order valence-electron chi connectivity index (χ0n) is 21.2. The molecule has 6 rings (SSSR count). The number of hydrogen-bond donors (Lipinski definition) is 5. The summed E-state index contributed by atoms with van der Waals surface area (Å²) in [5.41, 5.74) is -4.81. The Balaban J connectivity index is 1.68. The van der Waals surface area contributed by atoms with Gasteiger partial charge in [0.1, 0.15) is 23.4 Å². The molecule has 15 atom stereocenters. The van der Waals surface area contributed by atoms with Gasteiger partial charge in [-0.15, -0.1) is 0 Å². The number of aliphatic hydroxyl groups is 5. The molecule has 7 bridgehead atoms. The Morgan fingerprint density at radius 1 is 0.943 bits per heavy atom. The standard InChI is InChI=1S/C25H41NO9/c1-6-26-9-22(10-32-2)12(27)7-13(33-3)24-11-8-23(30)19(28)14(11)25(31,20(29)21(23)35-5)15(18(24)26)16(34-4)17(22)24/h11-21,27-31H,6-10H2,1-5H3/t11-,12+,13-,14+,15-,16+,17+,18-,19+,20-,21+,22-,23+,24-,25+/m0/s1. The van der Waals surface area contributed by atoms with Crippen LogP contribution in [0.5, 0.6) is 0 Å². The Morgan fingerprint density at radius 2 is 1.66 bits per heavy atom. The molecule has 35 heavy (non-hydrogen) atoms. The van der Waals surface area contributed by atoms with E-state index < -0.39 is 76.4 Å². The second-order valence-electron chi connectivity index (χ2n) is 12.1. The van der Waals surface area contributed by atoms with Crippen molar-refractivity contribution in [3.05, 3.63) is 0 Å². The smallest absolute Gasteiger partial charge is 0.120 e. The highest BCUT2D eigenvalue weighted by Gasteiger charge is 2.90. The van der Waals surface area contributed by atoms with Gasteiger partial charge in [0.05, 0.1) is 31.0 Å². The topological polar surface area (TPSA) is 141 Å². The van der Waals surface area contributed by atoms with Gasteiger partial charge in [-0.05, 0) is 18.9 Å². The van der Waals surface area contributed by atoms with Crippen LogP contribution in [0.2, 0.25) is 0 Å². The van der Waals surface area contributed by atoms with E-state index in [-0.39, 0.29) is 18.4 Å². The van der Waals surface area contributed by atoms with Gasteiger partial charge in [-0.2, -0.15) is 0 Å². The molecular weight excluding hydrogens is 458 g/mol. The molecule has 10 nitrogen and oxygen atoms in total. The van der Waals surface area contributed by atoms with E-state index in [0.29, 0.717) is 26.1 Å². The van der Waals surface area contributed by atoms with Gasteiger partial charge >= 0.3 is 0 Å². The van der Waals surface area contributed by atoms with Crippen LogP contribution in [0.25, 0.3) is 0 Å². The normalized spacial score (nSPS) is 62.4. The Kier molecular flexibility index (Phi) is 5.40. The number of rotatable bonds is 6. The number of methoxy groups -OCH3 is 4. The lowest BCUT2D eigenvalue weighted by Crippen LogP contribution is -2.81. The van der Waals surface area contributed by atoms with E-state index in [2.05, 4.69) is 11.8 Å². The second kappa shape index (κ2) is 7.59. The fraction of sp³-hybridized carbons (Fsp3) is 1.00. The van der Waals surface area contributed by atoms with E-state index in [4.69, 9.17) is 18.9 Å². The van der Waals surface area contributed by atoms with Crippen molar-refractivity contribution < 1.29 is 44.5 Å². The van der Waals surface area contributed by atoms with Gasteiger partial charge in [0.15, 0.2) is 0 Å². The molecule has 5 saturated carbocycles. The van der Waals surface area contributed by atoms with E-state index in [1.165, 1.54) is 7.11 Å². The predicted molar refractivity (Wildman–Crippen MR) is 121 cm³/mol. The summed E-state index contributed by atoms with van der Waals surface area (Å²) in [6, 6.07) is -0.240. The molecule has 1 spiro atoms. The maximum Gasteiger partial charge on any atom is 0.120 e. The van der Waals surface area contributed by atoms with Crippen LogP contribution in [0.15, 0.2) is 0 Å². The first kappa shape index (κ1) is 24.9. The molecular formula is C25H41NO9. The summed E-state index contributed by atoms with van der Waals surface area (Å²) in [4.78, 5) is 2.29. The second-order valence-corrected chi connectivity index (χ2v) is 12.1. The molecule has 0 unspecified atom stereocenters. The average molecular weight is 500 g/mol. The lowest BCUT2D eigenvalue weighted by Gasteiger charge is -2.70. The first-order valence-electron chi connectivity index (χ1n) is 12.9. The summed E-state index contributed by atoms with van der Waals surface area (Å²) in [5, 5.41) is 59.3. The minimum atomic E-state index is -1.76. The van der Waals surface area contributed by atoms with Crippen molar-refractivity contribution in [1.82, 2.24) is 4.90 Å². The first-order valence-corrected chi connectivity index (χ1v) is 12.9. The Hall–Kier alpha value is -0.400. The third kappa shape index (κ3) is 2.35. The number of nitrogens with zero attached hydrogens (tertiary/aromatic N) is 1. The fourth-order valence-corrected chi connectivity index (χ4v) is 11.0. The SMILES string of the molecule is CCN1C[C@]2(COC)[C@H](O)C[C@H](OC)[C@]34[C@@H]1[C@H]([C@@H](OC)[C@H]23)[C@]1(O)[C@H]2[C@@H](O)[C@](O)(C[C@@H]24)[C@H](OC)[C@@H]1O. The highest BCUT2D eigenvalue weighted by Crippen LogP contribution is 2.79. The van der Waals surface area contributed by atoms with Crippen molar-refractivity contribution >= 4 is 0 Å². The van der Waals surface area contributed by atoms with Gasteiger partial charge in [0, 0.05) is 76.0 Å². The highest BCUT2D eigenvalue weighted by atomic mass is 16.5. The van der Waals surface area contributed by atoms with Gasteiger partial charge in [-0.3, -0.25) is 4.90 Å². The number of piperidine rings is 1. The van der Waals surface area contributed by atoms with Crippen molar-refractivity contribution in [2.45, 2.75) is 73.6 Å². The Bertz CT molecular complexity index is 878. The van der Waals surface area contributed by atoms with Crippen molar-refractivity contribution in [2.24, 2.45) is 34.5 Å². The number of fused-ring (bicyclic) bond motifs is 2. The monoisotopic (exact) mass is 499 g/mol. The summed E-state index contributed by atoms with van der Waals surface area (Å²) >= 11 is 0. The summed E-state index contributed by atoms with van der Waals surface area (Å²) in [5.74, 6) is -2.04. The molecule has 5 aliphatic carbocycles. The van der Waals surface area contributed by atoms with Crippen LogP contribution in [0, 0.1) is 34.5 Å². The number of aliphatic hydroxyl groups excluding tert-OH is 3. The van der Waals surface area contributed by atoms with Crippen LogP contribution >= 0.6 is 0 Å². The zero-order valence-corrected chi connectivity index (χ0v) is 21.2. The van der Waals surface area contributed by atoms with Gasteiger partial charge < -0.3 is 44.5 Å². The molecule has 200 valence electrons. The Morgan fingerprint density at radius 3 is 2.23 bits per heavy atom. The molecule has 0 aromatic heterocycles. The summed E-state index contributed by atoms with van der Waals surface area (Å²) in [7, 11) is 6.29. The Labute approximate surface area is 206 Å². The molecule has 0 aromatic carbocycles. The predicted octanol–water partition coefficient (Wildman–Crippen LogP) is -1.79. The molecule has 6 aliphatic rings. The van der Waals surface area contributed by atoms with E-state index in [1.807, 2.05) is 0 Å². The lowest BCUT2D eigenvalue weighted by atomic mass is 9.42. The summed E-state index contributed by atoms with van der Waals surface area (Å²) in [6.07, 6.45) is -4.95. The van der Waals surface area contributed by atoms with Crippen LogP contribution in [-0.4, -0.2) is 132 Å². The maximum atomic E-state index is 12.6. The van der Waals surface area contributed by atoms with Crippen LogP contribution < -0.4 is 0 Å². The largest absolute Gasteiger partial charge is 0.392 e. The van der Waals surface area contributed by atoms with Crippen molar-refractivity contribution in [3.63, 3.8) is 0 Å². The van der Waals surface area contributed by atoms with Gasteiger partial charge in [0.2, 0.25) is 0 Å². The van der Waals surface area contributed by atoms with Crippen molar-refractivity contribution in [2.75, 3.05) is 48.1 Å². The average Bonchev–Trinajstić information content (AvgIpc) is 3.19. The molecule has 1 aliphatic heterocycles. The van der Waals surface area contributed by atoms with Gasteiger partial charge in [-0.1, -0.05) is 6.92 Å². The molecule has 0 aromatic rings. The number of hydrogen-bond acceptors (Lipinski definition) is 10. The van der Waals surface area contributed by atoms with Gasteiger partial charge in [0.25, 0.3) is 0 Å². The molecule has 0 amide bonds. The highest BCUT2D eigenvalue weighted by molar-refractivity contribution is 5.39. The minimum absolute atomic E-state index is 0.156. The fourth-order valence-electron chi connectivity index (χ4n) is 11.0. The summed E-state index contributed by atoms with van der Waals surface area (Å²) < 4.78 is 23.7. The molecule has 6 fully saturated rings. The summed E-state index contributed by atoms with van der Waals surface area (Å²) in [6.45, 7) is 3.58. The third-order valence-corrected chi connectivity index (χ3v) is 11.7. The lowest BCUT2D eigenvalue weighted by molar-refractivity contribution is -0.320. The quantitative estimate of drug-likeness (QED) is 0.285. The molecule has 5 N–H and O–H groups in total. The van der Waals surface area contributed by atoms with E-state index in [1.54, 1.807) is 21.3 Å². The minimum Gasteiger partial charge on any atom is -0.392 e. The van der Waals surface area contributed by atoms with E-state index >= 15 is 0 Å². The van der Waals surface area contributed by atoms with Crippen molar-refractivity contribution in [1.29, 1.82) is 0 Å². The van der Waals surface area contributed by atoms with E-state index in [9.17, 15) is 25.5 Å². The number of ether oxygens (including phenoxy) is 4. The van der Waals surface area contributed by atoms with Crippen LogP contribution in [0.3, 0.4) is 0 Å². The maximum absolute atomic E-state index is 12.6. The van der Waals surface area contributed by atoms with Crippen molar-refractivity contribution in [3.8, 4) is 0 Å². The number of likely N-dealkylation sites (tertiary alicyclic amines) is 1. The first-order chi connectivity index (χ1) is 16.6. The molecule has 1 saturated heterocycles.